The van der Waals surface area contributed by atoms with Gasteiger partial charge in [-0.25, -0.2) is 0 Å². The maximum Gasteiger partial charge on any atom is 0.258 e. The van der Waals surface area contributed by atoms with Crippen molar-refractivity contribution in [2.45, 2.75) is 19.9 Å². The van der Waals surface area contributed by atoms with E-state index in [-0.39, 0.29) is 24.5 Å². The summed E-state index contributed by atoms with van der Waals surface area (Å²) in [6.07, 6.45) is 0. The lowest BCUT2D eigenvalue weighted by Gasteiger charge is -2.13. The minimum absolute atomic E-state index is 0.0589. The Morgan fingerprint density at radius 3 is 2.36 bits per heavy atom. The van der Waals surface area contributed by atoms with E-state index in [0.29, 0.717) is 17.1 Å². The van der Waals surface area contributed by atoms with E-state index < -0.39 is 0 Å². The fraction of sp³-hybridized carbons (Fsp3) is 0.375. The number of rotatable bonds is 6. The Morgan fingerprint density at radius 2 is 1.86 bits per heavy atom. The lowest BCUT2D eigenvalue weighted by molar-refractivity contribution is -0.123. The third-order valence-electron chi connectivity index (χ3n) is 2.46. The molecule has 0 atom stereocenters. The van der Waals surface area contributed by atoms with Crippen LogP contribution in [0.5, 0.6) is 11.5 Å². The van der Waals surface area contributed by atoms with Gasteiger partial charge in [-0.2, -0.15) is 0 Å². The Kier molecular flexibility index (Phi) is 9.09. The molecule has 0 fully saturated rings. The van der Waals surface area contributed by atoms with Crippen LogP contribution in [0.1, 0.15) is 24.2 Å². The van der Waals surface area contributed by atoms with Gasteiger partial charge in [0.25, 0.3) is 11.8 Å². The molecule has 0 aromatic heterocycles. The monoisotopic (exact) mass is 308 g/mol. The number of amides is 2. The Balaban J connectivity index is 0.00000211. The highest BCUT2D eigenvalue weighted by Crippen LogP contribution is 2.27. The van der Waals surface area contributed by atoms with Gasteiger partial charge in [0, 0.05) is 18.7 Å². The van der Waals surface area contributed by atoms with Crippen molar-refractivity contribution in [2.24, 2.45) is 0 Å². The number of hydrogen-bond donors (Lipinski definition) is 2. The third-order valence-corrected chi connectivity index (χ3v) is 2.46. The van der Waals surface area contributed by atoms with Crippen molar-refractivity contribution in [3.8, 4) is 11.5 Å². The van der Waals surface area contributed by atoms with Gasteiger partial charge in [0.05, 0.1) is 7.11 Å². The van der Waals surface area contributed by atoms with Gasteiger partial charge < -0.3 is 20.1 Å². The molecule has 0 bridgehead atoms. The standard InChI is InChI=1S/C14H20N2O4.C2H4/c1-9(2)16-13(17)8-20-11-6-5-10(14(18)15-3)7-12(11)19-4;1-2/h5-7,9H,8H2,1-4H3,(H,15,18)(H,16,17);1-2H2. The van der Waals surface area contributed by atoms with Gasteiger partial charge in [0.15, 0.2) is 18.1 Å². The number of ether oxygens (including phenoxy) is 2. The molecular formula is C16H24N2O4. The molecule has 0 aliphatic heterocycles. The summed E-state index contributed by atoms with van der Waals surface area (Å²) < 4.78 is 10.5. The molecule has 0 spiro atoms. The van der Waals surface area contributed by atoms with Crippen molar-refractivity contribution < 1.29 is 19.1 Å². The van der Waals surface area contributed by atoms with E-state index in [9.17, 15) is 9.59 Å². The lowest BCUT2D eigenvalue weighted by atomic mass is 10.2. The van der Waals surface area contributed by atoms with Crippen molar-refractivity contribution in [1.29, 1.82) is 0 Å². The minimum atomic E-state index is -0.215. The molecule has 1 rings (SSSR count). The van der Waals surface area contributed by atoms with Crippen LogP contribution < -0.4 is 20.1 Å². The molecule has 1 aromatic carbocycles. The Labute approximate surface area is 131 Å². The normalized spacial score (nSPS) is 9.32. The van der Waals surface area contributed by atoms with Gasteiger partial charge in [-0.15, -0.1) is 13.2 Å². The molecule has 2 amide bonds. The first-order valence-electron chi connectivity index (χ1n) is 6.80. The van der Waals surface area contributed by atoms with Crippen LogP contribution in [-0.4, -0.2) is 38.6 Å². The molecule has 0 heterocycles. The highest BCUT2D eigenvalue weighted by molar-refractivity contribution is 5.94. The van der Waals surface area contributed by atoms with E-state index in [1.54, 1.807) is 25.2 Å². The molecule has 0 aliphatic carbocycles. The fourth-order valence-corrected chi connectivity index (χ4v) is 1.58. The van der Waals surface area contributed by atoms with Gasteiger partial charge in [0.2, 0.25) is 0 Å². The smallest absolute Gasteiger partial charge is 0.258 e. The fourth-order valence-electron chi connectivity index (χ4n) is 1.58. The zero-order valence-corrected chi connectivity index (χ0v) is 13.6. The Morgan fingerprint density at radius 1 is 1.23 bits per heavy atom. The first-order chi connectivity index (χ1) is 10.5. The van der Waals surface area contributed by atoms with E-state index >= 15 is 0 Å². The molecule has 0 saturated carbocycles. The number of methoxy groups -OCH3 is 1. The van der Waals surface area contributed by atoms with Crippen LogP contribution in [0.2, 0.25) is 0 Å². The predicted octanol–water partition coefficient (Wildman–Crippen LogP) is 1.76. The summed E-state index contributed by atoms with van der Waals surface area (Å²) in [5.41, 5.74) is 0.461. The average Bonchev–Trinajstić information content (AvgIpc) is 2.53. The van der Waals surface area contributed by atoms with E-state index in [1.165, 1.54) is 7.11 Å². The van der Waals surface area contributed by atoms with Gasteiger partial charge in [-0.05, 0) is 32.0 Å². The molecule has 0 saturated heterocycles. The molecule has 22 heavy (non-hydrogen) atoms. The molecule has 0 aliphatic rings. The molecule has 0 radical (unpaired) electrons. The van der Waals surface area contributed by atoms with Crippen LogP contribution in [0.3, 0.4) is 0 Å². The summed E-state index contributed by atoms with van der Waals surface area (Å²) in [5.74, 6) is 0.396. The summed E-state index contributed by atoms with van der Waals surface area (Å²) in [4.78, 5) is 23.0. The van der Waals surface area contributed by atoms with Gasteiger partial charge in [-0.3, -0.25) is 9.59 Å². The molecule has 2 N–H and O–H groups in total. The van der Waals surface area contributed by atoms with Gasteiger partial charge in [0.1, 0.15) is 0 Å². The van der Waals surface area contributed by atoms with Crippen LogP contribution in [0.15, 0.2) is 31.4 Å². The number of benzene rings is 1. The molecule has 1 aromatic rings. The van der Waals surface area contributed by atoms with E-state index in [2.05, 4.69) is 23.8 Å². The van der Waals surface area contributed by atoms with Crippen molar-refractivity contribution in [3.05, 3.63) is 36.9 Å². The molecule has 0 unspecified atom stereocenters. The van der Waals surface area contributed by atoms with Crippen molar-refractivity contribution >= 4 is 11.8 Å². The minimum Gasteiger partial charge on any atom is -0.493 e. The number of hydrogen-bond acceptors (Lipinski definition) is 4. The molecule has 6 nitrogen and oxygen atoms in total. The van der Waals surface area contributed by atoms with Gasteiger partial charge >= 0.3 is 0 Å². The highest BCUT2D eigenvalue weighted by Gasteiger charge is 2.11. The van der Waals surface area contributed by atoms with E-state index in [1.807, 2.05) is 13.8 Å². The first-order valence-corrected chi connectivity index (χ1v) is 6.80. The lowest BCUT2D eigenvalue weighted by Crippen LogP contribution is -2.34. The third kappa shape index (κ3) is 6.30. The van der Waals surface area contributed by atoms with Crippen LogP contribution in [-0.2, 0) is 4.79 Å². The number of nitrogens with one attached hydrogen (secondary N) is 2. The average molecular weight is 308 g/mol. The summed E-state index contributed by atoms with van der Waals surface area (Å²) in [5, 5.41) is 5.24. The largest absolute Gasteiger partial charge is 0.493 e. The zero-order valence-electron chi connectivity index (χ0n) is 13.6. The topological polar surface area (TPSA) is 76.7 Å². The predicted molar refractivity (Wildman–Crippen MR) is 86.4 cm³/mol. The van der Waals surface area contributed by atoms with Crippen molar-refractivity contribution in [1.82, 2.24) is 10.6 Å². The molecular weight excluding hydrogens is 284 g/mol. The maximum absolute atomic E-state index is 11.5. The zero-order chi connectivity index (χ0) is 17.1. The quantitative estimate of drug-likeness (QED) is 0.785. The van der Waals surface area contributed by atoms with Gasteiger partial charge in [-0.1, -0.05) is 0 Å². The number of carbonyl (C=O) groups excluding carboxylic acids is 2. The van der Waals surface area contributed by atoms with Crippen molar-refractivity contribution in [3.63, 3.8) is 0 Å². The summed E-state index contributed by atoms with van der Waals surface area (Å²) in [7, 11) is 3.03. The highest BCUT2D eigenvalue weighted by atomic mass is 16.5. The second-order valence-corrected chi connectivity index (χ2v) is 4.46. The Bertz CT molecular complexity index is 501. The summed E-state index contributed by atoms with van der Waals surface area (Å²) >= 11 is 0. The van der Waals surface area contributed by atoms with Crippen LogP contribution in [0.25, 0.3) is 0 Å². The summed E-state index contributed by atoms with van der Waals surface area (Å²) in [6, 6.07) is 4.83. The van der Waals surface area contributed by atoms with Crippen LogP contribution >= 0.6 is 0 Å². The summed E-state index contributed by atoms with van der Waals surface area (Å²) in [6.45, 7) is 9.64. The van der Waals surface area contributed by atoms with E-state index in [4.69, 9.17) is 9.47 Å². The van der Waals surface area contributed by atoms with E-state index in [0.717, 1.165) is 0 Å². The van der Waals surface area contributed by atoms with Crippen molar-refractivity contribution in [2.75, 3.05) is 20.8 Å². The van der Waals surface area contributed by atoms with Crippen LogP contribution in [0, 0.1) is 0 Å². The SMILES string of the molecule is C=C.CNC(=O)c1ccc(OCC(=O)NC(C)C)c(OC)c1. The Hall–Kier alpha value is -2.50. The second-order valence-electron chi connectivity index (χ2n) is 4.46. The van der Waals surface area contributed by atoms with Crippen LogP contribution in [0.4, 0.5) is 0 Å². The first kappa shape index (κ1) is 19.5. The second kappa shape index (κ2) is 10.3. The maximum atomic E-state index is 11.5. The molecule has 122 valence electrons. The molecule has 6 heteroatoms. The number of carbonyl (C=O) groups is 2.